The van der Waals surface area contributed by atoms with Gasteiger partial charge in [-0.1, -0.05) is 30.3 Å². The van der Waals surface area contributed by atoms with Gasteiger partial charge in [0.25, 0.3) is 5.91 Å². The first-order chi connectivity index (χ1) is 12.9. The number of carbonyl (C=O) groups is 1. The molecule has 0 fully saturated rings. The number of carbonyl (C=O) groups excluding carboxylic acids is 1. The molecule has 27 heavy (non-hydrogen) atoms. The number of aromatic nitrogens is 2. The van der Waals surface area contributed by atoms with E-state index in [-0.39, 0.29) is 6.54 Å². The van der Waals surface area contributed by atoms with E-state index >= 15 is 0 Å². The Labute approximate surface area is 154 Å². The SMILES string of the molecule is Cc1nn(CCNC(=O)c2ccc(F)c(F)c2F)c(C)c1-c1ccccc1. The van der Waals surface area contributed by atoms with Crippen LogP contribution in [0, 0.1) is 31.3 Å². The molecule has 0 radical (unpaired) electrons. The topological polar surface area (TPSA) is 46.9 Å². The molecule has 4 nitrogen and oxygen atoms in total. The van der Waals surface area contributed by atoms with Gasteiger partial charge in [-0.3, -0.25) is 9.48 Å². The van der Waals surface area contributed by atoms with Crippen molar-refractivity contribution >= 4 is 5.91 Å². The van der Waals surface area contributed by atoms with Gasteiger partial charge in [-0.2, -0.15) is 5.10 Å². The second kappa shape index (κ2) is 7.65. The summed E-state index contributed by atoms with van der Waals surface area (Å²) in [5, 5.41) is 6.98. The number of halogens is 3. The zero-order chi connectivity index (χ0) is 19.6. The summed E-state index contributed by atoms with van der Waals surface area (Å²) >= 11 is 0. The highest BCUT2D eigenvalue weighted by atomic mass is 19.2. The number of hydrogen-bond acceptors (Lipinski definition) is 2. The lowest BCUT2D eigenvalue weighted by atomic mass is 10.0. The Morgan fingerprint density at radius 2 is 1.74 bits per heavy atom. The van der Waals surface area contributed by atoms with E-state index in [2.05, 4.69) is 10.4 Å². The van der Waals surface area contributed by atoms with E-state index in [4.69, 9.17) is 0 Å². The molecule has 0 saturated heterocycles. The van der Waals surface area contributed by atoms with Gasteiger partial charge in [-0.05, 0) is 31.5 Å². The lowest BCUT2D eigenvalue weighted by Gasteiger charge is -2.09. The lowest BCUT2D eigenvalue weighted by molar-refractivity contribution is 0.0946. The molecule has 1 aromatic heterocycles. The van der Waals surface area contributed by atoms with Crippen molar-refractivity contribution in [2.75, 3.05) is 6.54 Å². The zero-order valence-corrected chi connectivity index (χ0v) is 14.9. The Kier molecular flexibility index (Phi) is 5.30. The molecule has 0 saturated carbocycles. The third-order valence-corrected chi connectivity index (χ3v) is 4.33. The van der Waals surface area contributed by atoms with Crippen molar-refractivity contribution in [2.45, 2.75) is 20.4 Å². The van der Waals surface area contributed by atoms with Crippen LogP contribution in [0.4, 0.5) is 13.2 Å². The van der Waals surface area contributed by atoms with E-state index in [0.717, 1.165) is 34.6 Å². The molecule has 0 aliphatic rings. The number of amides is 1. The minimum Gasteiger partial charge on any atom is -0.350 e. The van der Waals surface area contributed by atoms with Crippen LogP contribution in [-0.2, 0) is 6.54 Å². The van der Waals surface area contributed by atoms with E-state index in [1.54, 1.807) is 4.68 Å². The molecule has 3 rings (SSSR count). The molecular formula is C20H18F3N3O. The Morgan fingerprint density at radius 1 is 1.04 bits per heavy atom. The molecule has 140 valence electrons. The summed E-state index contributed by atoms with van der Waals surface area (Å²) < 4.78 is 41.6. The minimum atomic E-state index is -1.66. The second-order valence-corrected chi connectivity index (χ2v) is 6.11. The fourth-order valence-electron chi connectivity index (χ4n) is 3.01. The van der Waals surface area contributed by atoms with Crippen LogP contribution < -0.4 is 5.32 Å². The molecule has 0 spiro atoms. The van der Waals surface area contributed by atoms with Crippen molar-refractivity contribution in [1.29, 1.82) is 0 Å². The first-order valence-electron chi connectivity index (χ1n) is 8.41. The summed E-state index contributed by atoms with van der Waals surface area (Å²) in [6.45, 7) is 4.35. The maximum Gasteiger partial charge on any atom is 0.254 e. The molecule has 1 amide bonds. The predicted molar refractivity (Wildman–Crippen MR) is 95.8 cm³/mol. The Balaban J connectivity index is 1.70. The van der Waals surface area contributed by atoms with Crippen LogP contribution in [0.25, 0.3) is 11.1 Å². The van der Waals surface area contributed by atoms with Crippen molar-refractivity contribution in [1.82, 2.24) is 15.1 Å². The Morgan fingerprint density at radius 3 is 2.44 bits per heavy atom. The summed E-state index contributed by atoms with van der Waals surface area (Å²) in [4.78, 5) is 12.0. The summed E-state index contributed by atoms with van der Waals surface area (Å²) in [6, 6.07) is 11.5. The first-order valence-corrected chi connectivity index (χ1v) is 8.41. The molecule has 0 bridgehead atoms. The Bertz CT molecular complexity index is 984. The van der Waals surface area contributed by atoms with Gasteiger partial charge in [-0.15, -0.1) is 0 Å². The van der Waals surface area contributed by atoms with Crippen LogP contribution in [0.1, 0.15) is 21.7 Å². The first kappa shape index (κ1) is 18.7. The smallest absolute Gasteiger partial charge is 0.254 e. The van der Waals surface area contributed by atoms with Crippen LogP contribution in [0.15, 0.2) is 42.5 Å². The van der Waals surface area contributed by atoms with Crippen molar-refractivity contribution in [3.63, 3.8) is 0 Å². The predicted octanol–water partition coefficient (Wildman–Crippen LogP) is 4.01. The van der Waals surface area contributed by atoms with Gasteiger partial charge in [0.1, 0.15) is 0 Å². The molecule has 0 atom stereocenters. The van der Waals surface area contributed by atoms with Crippen LogP contribution in [0.2, 0.25) is 0 Å². The van der Waals surface area contributed by atoms with Crippen LogP contribution in [0.3, 0.4) is 0 Å². The summed E-state index contributed by atoms with van der Waals surface area (Å²) in [5.74, 6) is -5.30. The van der Waals surface area contributed by atoms with Crippen LogP contribution in [0.5, 0.6) is 0 Å². The quantitative estimate of drug-likeness (QED) is 0.687. The maximum absolute atomic E-state index is 13.7. The average Bonchev–Trinajstić information content (AvgIpc) is 2.94. The van der Waals surface area contributed by atoms with E-state index in [1.807, 2.05) is 44.2 Å². The molecule has 0 aliphatic heterocycles. The summed E-state index contributed by atoms with van der Waals surface area (Å²) in [7, 11) is 0. The van der Waals surface area contributed by atoms with Gasteiger partial charge in [0.15, 0.2) is 17.5 Å². The van der Waals surface area contributed by atoms with Crippen LogP contribution in [-0.4, -0.2) is 22.2 Å². The molecule has 0 unspecified atom stereocenters. The van der Waals surface area contributed by atoms with Crippen molar-refractivity contribution in [2.24, 2.45) is 0 Å². The lowest BCUT2D eigenvalue weighted by Crippen LogP contribution is -2.28. The molecular weight excluding hydrogens is 355 g/mol. The molecule has 7 heteroatoms. The summed E-state index contributed by atoms with van der Waals surface area (Å²) in [5.41, 5.74) is 3.33. The van der Waals surface area contributed by atoms with Gasteiger partial charge in [-0.25, -0.2) is 13.2 Å². The molecule has 3 aromatic rings. The normalized spacial score (nSPS) is 10.9. The van der Waals surface area contributed by atoms with Gasteiger partial charge < -0.3 is 5.32 Å². The third-order valence-electron chi connectivity index (χ3n) is 4.33. The third kappa shape index (κ3) is 3.72. The van der Waals surface area contributed by atoms with Gasteiger partial charge in [0, 0.05) is 17.8 Å². The van der Waals surface area contributed by atoms with Crippen LogP contribution >= 0.6 is 0 Å². The van der Waals surface area contributed by atoms with E-state index in [1.165, 1.54) is 0 Å². The van der Waals surface area contributed by atoms with Gasteiger partial charge in [0.2, 0.25) is 0 Å². The van der Waals surface area contributed by atoms with Crippen molar-refractivity contribution < 1.29 is 18.0 Å². The van der Waals surface area contributed by atoms with Gasteiger partial charge >= 0.3 is 0 Å². The number of aryl methyl sites for hydroxylation is 1. The molecule has 0 aliphatic carbocycles. The summed E-state index contributed by atoms with van der Waals surface area (Å²) in [6.07, 6.45) is 0. The van der Waals surface area contributed by atoms with Crippen molar-refractivity contribution in [3.8, 4) is 11.1 Å². The number of nitrogens with one attached hydrogen (secondary N) is 1. The number of rotatable bonds is 5. The highest BCUT2D eigenvalue weighted by Gasteiger charge is 2.19. The van der Waals surface area contributed by atoms with Gasteiger partial charge in [0.05, 0.1) is 17.8 Å². The standard InChI is InChI=1S/C20H18F3N3O/c1-12-17(14-6-4-3-5-7-14)13(2)26(25-12)11-10-24-20(27)15-8-9-16(21)19(23)18(15)22/h3-9H,10-11H2,1-2H3,(H,24,27). The maximum atomic E-state index is 13.7. The monoisotopic (exact) mass is 373 g/mol. The minimum absolute atomic E-state index is 0.160. The molecule has 1 N–H and O–H groups in total. The molecule has 1 heterocycles. The number of hydrogen-bond donors (Lipinski definition) is 1. The van der Waals surface area contributed by atoms with E-state index in [9.17, 15) is 18.0 Å². The number of nitrogens with zero attached hydrogens (tertiary/aromatic N) is 2. The average molecular weight is 373 g/mol. The largest absolute Gasteiger partial charge is 0.350 e. The highest BCUT2D eigenvalue weighted by Crippen LogP contribution is 2.26. The zero-order valence-electron chi connectivity index (χ0n) is 14.9. The fourth-order valence-corrected chi connectivity index (χ4v) is 3.01. The molecule has 2 aromatic carbocycles. The Hall–Kier alpha value is -3.09. The fraction of sp³-hybridized carbons (Fsp3) is 0.200. The van der Waals surface area contributed by atoms with Crippen molar-refractivity contribution in [3.05, 3.63) is 76.9 Å². The van der Waals surface area contributed by atoms with E-state index in [0.29, 0.717) is 6.54 Å². The highest BCUT2D eigenvalue weighted by molar-refractivity contribution is 5.94. The van der Waals surface area contributed by atoms with E-state index < -0.39 is 28.9 Å². The number of benzene rings is 2. The second-order valence-electron chi connectivity index (χ2n) is 6.11.